The van der Waals surface area contributed by atoms with E-state index in [9.17, 15) is 29.1 Å². The average molecular weight is 479 g/mol. The van der Waals surface area contributed by atoms with Crippen molar-refractivity contribution in [3.63, 3.8) is 0 Å². The highest BCUT2D eigenvalue weighted by Gasteiger charge is 2.54. The highest BCUT2D eigenvalue weighted by molar-refractivity contribution is 8.00. The normalized spacial score (nSPS) is 20.2. The first-order valence-corrected chi connectivity index (χ1v) is 10.2. The fraction of sp³-hybridized carbons (Fsp3) is 0.263. The average Bonchev–Trinajstić information content (AvgIpc) is 3.31. The Bertz CT molecular complexity index is 1080. The van der Waals surface area contributed by atoms with Gasteiger partial charge in [-0.2, -0.15) is 0 Å². The van der Waals surface area contributed by atoms with E-state index in [0.717, 1.165) is 11.0 Å². The lowest BCUT2D eigenvalue weighted by Crippen LogP contribution is -2.71. The number of rotatable bonds is 9. The Morgan fingerprint density at radius 1 is 1.36 bits per heavy atom. The molecule has 2 aliphatic heterocycles. The van der Waals surface area contributed by atoms with Gasteiger partial charge in [0, 0.05) is 11.8 Å². The van der Waals surface area contributed by atoms with Crippen molar-refractivity contribution in [2.75, 3.05) is 19.5 Å². The second-order valence-corrected chi connectivity index (χ2v) is 7.59. The van der Waals surface area contributed by atoms with Crippen molar-refractivity contribution in [1.82, 2.24) is 10.2 Å². The van der Waals surface area contributed by atoms with Gasteiger partial charge in [-0.3, -0.25) is 14.5 Å². The van der Waals surface area contributed by atoms with Gasteiger partial charge in [-0.1, -0.05) is 5.16 Å². The van der Waals surface area contributed by atoms with Crippen LogP contribution in [0.1, 0.15) is 5.76 Å². The zero-order valence-corrected chi connectivity index (χ0v) is 17.7. The van der Waals surface area contributed by atoms with Crippen molar-refractivity contribution in [3.8, 4) is 0 Å². The molecule has 1 fully saturated rings. The number of nitrogens with zero attached hydrogens (tertiary/aromatic N) is 2. The molecule has 2 atom stereocenters. The molecule has 0 aromatic carbocycles. The molecule has 0 aliphatic carbocycles. The molecule has 3 heterocycles. The molecule has 1 aromatic heterocycles. The molecule has 0 spiro atoms. The van der Waals surface area contributed by atoms with Gasteiger partial charge < -0.3 is 29.5 Å². The number of esters is 1. The molecule has 3 rings (SSSR count). The maximum atomic E-state index is 12.7. The van der Waals surface area contributed by atoms with Gasteiger partial charge in [0.15, 0.2) is 5.76 Å². The quantitative estimate of drug-likeness (QED) is 0.137. The van der Waals surface area contributed by atoms with Crippen LogP contribution < -0.4 is 5.32 Å². The Labute approximate surface area is 189 Å². The number of β-lactam (4-membered cyclic amide) rings is 1. The SMILES string of the molecule is COC(=O)C=CC1=C(C(=O)O)N2C(=O)[C@@H](NC(=O)C(=NOCC(=O)O)c3ccco3)[C@H]2SC1. The molecule has 0 unspecified atom stereocenters. The lowest BCUT2D eigenvalue weighted by molar-refractivity contribution is -0.150. The van der Waals surface area contributed by atoms with Gasteiger partial charge in [-0.15, -0.1) is 11.8 Å². The molecule has 1 saturated heterocycles. The number of methoxy groups -OCH3 is 1. The number of thioether (sulfide) groups is 1. The van der Waals surface area contributed by atoms with Gasteiger partial charge in [0.05, 0.1) is 13.4 Å². The molecule has 0 radical (unpaired) electrons. The summed E-state index contributed by atoms with van der Waals surface area (Å²) in [5, 5.41) is 23.5. The van der Waals surface area contributed by atoms with Crippen LogP contribution in [0.15, 0.2) is 51.4 Å². The second kappa shape index (κ2) is 10.0. The van der Waals surface area contributed by atoms with E-state index < -0.39 is 53.5 Å². The first kappa shape index (κ1) is 23.6. The van der Waals surface area contributed by atoms with E-state index in [2.05, 4.69) is 20.0 Å². The standard InChI is InChI=1S/C19H17N3O10S/c1-30-12(25)5-4-9-8-33-18-14(17(27)22(18)15(9)19(28)29)20-16(26)13(10-3-2-6-31-10)21-32-7-11(23)24/h2-6,14,18H,7-8H2,1H3,(H,20,26)(H,23,24)(H,28,29)/t14-,18-/m1/s1. The molecule has 2 amide bonds. The number of hydrogen-bond donors (Lipinski definition) is 3. The van der Waals surface area contributed by atoms with Crippen LogP contribution in [-0.4, -0.2) is 81.4 Å². The Morgan fingerprint density at radius 3 is 2.73 bits per heavy atom. The van der Waals surface area contributed by atoms with Crippen molar-refractivity contribution in [3.05, 3.63) is 47.6 Å². The van der Waals surface area contributed by atoms with Crippen molar-refractivity contribution >= 4 is 47.2 Å². The highest BCUT2D eigenvalue weighted by Crippen LogP contribution is 2.40. The molecule has 1 aromatic rings. The van der Waals surface area contributed by atoms with Gasteiger partial charge in [0.2, 0.25) is 12.3 Å². The van der Waals surface area contributed by atoms with Gasteiger partial charge in [0.1, 0.15) is 17.1 Å². The van der Waals surface area contributed by atoms with Gasteiger partial charge in [0.25, 0.3) is 11.8 Å². The third-order valence-electron chi connectivity index (χ3n) is 4.42. The third kappa shape index (κ3) is 5.06. The molecule has 0 bridgehead atoms. The second-order valence-electron chi connectivity index (χ2n) is 6.48. The van der Waals surface area contributed by atoms with Gasteiger partial charge in [-0.05, 0) is 23.8 Å². The molecule has 0 saturated carbocycles. The number of amides is 2. The minimum atomic E-state index is -1.37. The largest absolute Gasteiger partial charge is 0.479 e. The number of furan rings is 1. The maximum absolute atomic E-state index is 12.7. The Kier molecular flexibility index (Phi) is 7.17. The molecule has 3 N–H and O–H groups in total. The predicted molar refractivity (Wildman–Crippen MR) is 110 cm³/mol. The number of aliphatic carboxylic acids is 2. The van der Waals surface area contributed by atoms with E-state index in [4.69, 9.17) is 9.52 Å². The van der Waals surface area contributed by atoms with Gasteiger partial charge >= 0.3 is 17.9 Å². The summed E-state index contributed by atoms with van der Waals surface area (Å²) in [6.45, 7) is -0.805. The molecular formula is C19H17N3O10S. The third-order valence-corrected chi connectivity index (χ3v) is 5.72. The van der Waals surface area contributed by atoms with Crippen LogP contribution in [0.3, 0.4) is 0 Å². The summed E-state index contributed by atoms with van der Waals surface area (Å²) in [6, 6.07) is 1.77. The fourth-order valence-electron chi connectivity index (χ4n) is 2.98. The number of carboxylic acids is 2. The van der Waals surface area contributed by atoms with Crippen LogP contribution >= 0.6 is 11.8 Å². The molecular weight excluding hydrogens is 462 g/mol. The first-order chi connectivity index (χ1) is 15.7. The Hall–Kier alpha value is -4.07. The molecule has 33 heavy (non-hydrogen) atoms. The van der Waals surface area contributed by atoms with Crippen molar-refractivity contribution in [2.45, 2.75) is 11.4 Å². The lowest BCUT2D eigenvalue weighted by atomic mass is 10.0. The monoisotopic (exact) mass is 479 g/mol. The van der Waals surface area contributed by atoms with Crippen LogP contribution in [0.25, 0.3) is 0 Å². The summed E-state index contributed by atoms with van der Waals surface area (Å²) in [7, 11) is 1.17. The smallest absolute Gasteiger partial charge is 0.352 e. The molecule has 14 heteroatoms. The van der Waals surface area contributed by atoms with E-state index in [0.29, 0.717) is 0 Å². The van der Waals surface area contributed by atoms with Crippen LogP contribution in [-0.2, 0) is 33.5 Å². The van der Waals surface area contributed by atoms with E-state index >= 15 is 0 Å². The summed E-state index contributed by atoms with van der Waals surface area (Å²) < 4.78 is 9.59. The summed E-state index contributed by atoms with van der Waals surface area (Å²) >= 11 is 1.18. The number of allylic oxidation sites excluding steroid dienone is 1. The van der Waals surface area contributed by atoms with Crippen LogP contribution in [0.2, 0.25) is 0 Å². The summed E-state index contributed by atoms with van der Waals surface area (Å²) in [4.78, 5) is 64.8. The number of ether oxygens (including phenoxy) is 1. The highest BCUT2D eigenvalue weighted by atomic mass is 32.2. The summed E-state index contributed by atoms with van der Waals surface area (Å²) in [5.74, 6) is -4.82. The van der Waals surface area contributed by atoms with E-state index in [1.807, 2.05) is 0 Å². The number of fused-ring (bicyclic) bond motifs is 1. The fourth-order valence-corrected chi connectivity index (χ4v) is 4.30. The predicted octanol–water partition coefficient (Wildman–Crippen LogP) is -0.447. The first-order valence-electron chi connectivity index (χ1n) is 9.18. The van der Waals surface area contributed by atoms with Crippen molar-refractivity contribution in [2.24, 2.45) is 5.16 Å². The van der Waals surface area contributed by atoms with Crippen LogP contribution in [0.5, 0.6) is 0 Å². The van der Waals surface area contributed by atoms with Crippen LogP contribution in [0, 0.1) is 0 Å². The Morgan fingerprint density at radius 2 is 2.12 bits per heavy atom. The number of nitrogens with one attached hydrogen (secondary N) is 1. The zero-order valence-electron chi connectivity index (χ0n) is 16.9. The van der Waals surface area contributed by atoms with E-state index in [1.54, 1.807) is 0 Å². The molecule has 13 nitrogen and oxygen atoms in total. The number of carbonyl (C=O) groups is 5. The topological polar surface area (TPSA) is 185 Å². The van der Waals surface area contributed by atoms with Crippen LogP contribution in [0.4, 0.5) is 0 Å². The number of carboxylic acid groups (broad SMARTS) is 2. The van der Waals surface area contributed by atoms with Crippen molar-refractivity contribution in [1.29, 1.82) is 0 Å². The number of hydrogen-bond acceptors (Lipinski definition) is 10. The zero-order chi connectivity index (χ0) is 24.1. The number of oxime groups is 1. The summed E-state index contributed by atoms with van der Waals surface area (Å²) in [6.07, 6.45) is 3.57. The molecule has 2 aliphatic rings. The van der Waals surface area contributed by atoms with E-state index in [1.165, 1.54) is 43.3 Å². The maximum Gasteiger partial charge on any atom is 0.352 e. The van der Waals surface area contributed by atoms with Gasteiger partial charge in [-0.25, -0.2) is 14.4 Å². The lowest BCUT2D eigenvalue weighted by Gasteiger charge is -2.49. The van der Waals surface area contributed by atoms with Crippen molar-refractivity contribution < 1.29 is 48.2 Å². The summed E-state index contributed by atoms with van der Waals surface area (Å²) in [5.41, 5.74) is -0.477. The number of carbonyl (C=O) groups excluding carboxylic acids is 3. The molecule has 174 valence electrons. The van der Waals surface area contributed by atoms with E-state index in [-0.39, 0.29) is 22.8 Å². The minimum absolute atomic E-state index is 0.0285. The Balaban J connectivity index is 1.78. The minimum Gasteiger partial charge on any atom is -0.479 e.